The van der Waals surface area contributed by atoms with Crippen LogP contribution in [0.2, 0.25) is 0 Å². The minimum absolute atomic E-state index is 0.0924. The molecule has 0 aliphatic carbocycles. The predicted octanol–water partition coefficient (Wildman–Crippen LogP) is 5.78. The second-order valence-corrected chi connectivity index (χ2v) is 8.77. The number of furan rings is 1. The zero-order valence-electron chi connectivity index (χ0n) is 15.9. The molecule has 5 nitrogen and oxygen atoms in total. The molecule has 1 amide bonds. The highest BCUT2D eigenvalue weighted by Crippen LogP contribution is 2.25. The van der Waals surface area contributed by atoms with Crippen LogP contribution in [0.4, 0.5) is 5.69 Å². The Bertz CT molecular complexity index is 1250. The Morgan fingerprint density at radius 1 is 1.00 bits per heavy atom. The number of benzene rings is 2. The molecule has 2 aromatic carbocycles. The number of anilines is 1. The maximum absolute atomic E-state index is 12.4. The number of carbonyl (C=O) groups is 1. The van der Waals surface area contributed by atoms with E-state index in [1.165, 1.54) is 16.0 Å². The first-order valence-corrected chi connectivity index (χ1v) is 11.1. The van der Waals surface area contributed by atoms with Crippen molar-refractivity contribution < 1.29 is 9.21 Å². The van der Waals surface area contributed by atoms with Crippen LogP contribution in [0.3, 0.4) is 0 Å². The highest BCUT2D eigenvalue weighted by Gasteiger charge is 2.11. The van der Waals surface area contributed by atoms with Gasteiger partial charge in [0.15, 0.2) is 10.8 Å². The SMILES string of the molecule is O=C(Cc1csc(-c2ccco2)n1)Nc1ccc(Cc2nc3ccccc3s2)cc1. The number of para-hydroxylation sites is 1. The molecule has 3 aromatic heterocycles. The zero-order valence-corrected chi connectivity index (χ0v) is 17.5. The molecule has 0 fully saturated rings. The van der Waals surface area contributed by atoms with Crippen molar-refractivity contribution in [2.75, 3.05) is 5.32 Å². The molecule has 0 aliphatic rings. The smallest absolute Gasteiger partial charge is 0.230 e. The Kier molecular flexibility index (Phi) is 5.13. The van der Waals surface area contributed by atoms with Crippen LogP contribution in [-0.2, 0) is 17.6 Å². The monoisotopic (exact) mass is 431 g/mol. The van der Waals surface area contributed by atoms with Crippen molar-refractivity contribution in [2.45, 2.75) is 12.8 Å². The molecule has 5 rings (SSSR count). The van der Waals surface area contributed by atoms with Gasteiger partial charge in [-0.2, -0.15) is 0 Å². The molecule has 7 heteroatoms. The number of nitrogens with zero attached hydrogens (tertiary/aromatic N) is 2. The van der Waals surface area contributed by atoms with Crippen molar-refractivity contribution >= 4 is 44.5 Å². The van der Waals surface area contributed by atoms with Crippen molar-refractivity contribution in [3.05, 3.63) is 88.6 Å². The molecule has 30 heavy (non-hydrogen) atoms. The summed E-state index contributed by atoms with van der Waals surface area (Å²) in [6, 6.07) is 19.8. The number of hydrogen-bond acceptors (Lipinski definition) is 6. The minimum atomic E-state index is -0.0924. The minimum Gasteiger partial charge on any atom is -0.462 e. The second kappa shape index (κ2) is 8.22. The van der Waals surface area contributed by atoms with Gasteiger partial charge in [0.25, 0.3) is 0 Å². The van der Waals surface area contributed by atoms with E-state index in [0.29, 0.717) is 0 Å². The van der Waals surface area contributed by atoms with E-state index in [9.17, 15) is 4.79 Å². The Labute approximate surface area is 181 Å². The van der Waals surface area contributed by atoms with Crippen LogP contribution in [0.25, 0.3) is 21.0 Å². The fourth-order valence-electron chi connectivity index (χ4n) is 3.15. The molecule has 0 saturated heterocycles. The van der Waals surface area contributed by atoms with Crippen molar-refractivity contribution in [3.63, 3.8) is 0 Å². The van der Waals surface area contributed by atoms with Gasteiger partial charge in [0, 0.05) is 17.5 Å². The summed E-state index contributed by atoms with van der Waals surface area (Å²) >= 11 is 3.19. The van der Waals surface area contributed by atoms with E-state index in [0.717, 1.165) is 44.7 Å². The molecular formula is C23H17N3O2S2. The van der Waals surface area contributed by atoms with Gasteiger partial charge < -0.3 is 9.73 Å². The maximum atomic E-state index is 12.4. The first kappa shape index (κ1) is 18.7. The van der Waals surface area contributed by atoms with Crippen LogP contribution in [-0.4, -0.2) is 15.9 Å². The lowest BCUT2D eigenvalue weighted by Gasteiger charge is -2.05. The fraction of sp³-hybridized carbons (Fsp3) is 0.0870. The average Bonchev–Trinajstić information content (AvgIpc) is 3.49. The van der Waals surface area contributed by atoms with Gasteiger partial charge in [0.05, 0.1) is 33.6 Å². The van der Waals surface area contributed by atoms with Gasteiger partial charge in [0.1, 0.15) is 0 Å². The number of aromatic nitrogens is 2. The van der Waals surface area contributed by atoms with E-state index in [-0.39, 0.29) is 12.3 Å². The topological polar surface area (TPSA) is 68.0 Å². The van der Waals surface area contributed by atoms with Crippen LogP contribution in [0.15, 0.2) is 76.7 Å². The van der Waals surface area contributed by atoms with E-state index in [1.807, 2.05) is 60.0 Å². The number of hydrogen-bond donors (Lipinski definition) is 1. The lowest BCUT2D eigenvalue weighted by molar-refractivity contribution is -0.115. The summed E-state index contributed by atoms with van der Waals surface area (Å²) in [7, 11) is 0. The molecule has 0 atom stereocenters. The number of fused-ring (bicyclic) bond motifs is 1. The molecule has 0 radical (unpaired) electrons. The molecule has 0 saturated carbocycles. The first-order valence-electron chi connectivity index (χ1n) is 9.44. The van der Waals surface area contributed by atoms with E-state index in [1.54, 1.807) is 17.6 Å². The Balaban J connectivity index is 1.20. The molecule has 0 unspecified atom stereocenters. The molecule has 0 aliphatic heterocycles. The molecule has 0 bridgehead atoms. The Hall–Kier alpha value is -3.29. The quantitative estimate of drug-likeness (QED) is 0.370. The van der Waals surface area contributed by atoms with Crippen LogP contribution in [0.5, 0.6) is 0 Å². The van der Waals surface area contributed by atoms with Gasteiger partial charge >= 0.3 is 0 Å². The zero-order chi connectivity index (χ0) is 20.3. The van der Waals surface area contributed by atoms with E-state index < -0.39 is 0 Å². The molecule has 5 aromatic rings. The van der Waals surface area contributed by atoms with Crippen molar-refractivity contribution in [3.8, 4) is 10.8 Å². The van der Waals surface area contributed by atoms with Crippen LogP contribution in [0, 0.1) is 0 Å². The van der Waals surface area contributed by atoms with E-state index in [2.05, 4.69) is 21.4 Å². The number of rotatable bonds is 6. The van der Waals surface area contributed by atoms with Crippen LogP contribution >= 0.6 is 22.7 Å². The van der Waals surface area contributed by atoms with Crippen molar-refractivity contribution in [2.24, 2.45) is 0 Å². The third-order valence-electron chi connectivity index (χ3n) is 4.56. The molecular weight excluding hydrogens is 414 g/mol. The normalized spacial score (nSPS) is 11.1. The second-order valence-electron chi connectivity index (χ2n) is 6.80. The summed E-state index contributed by atoms with van der Waals surface area (Å²) in [5.41, 5.74) is 3.71. The molecule has 1 N–H and O–H groups in total. The summed E-state index contributed by atoms with van der Waals surface area (Å²) in [4.78, 5) is 21.5. The largest absolute Gasteiger partial charge is 0.462 e. The van der Waals surface area contributed by atoms with Gasteiger partial charge in [0.2, 0.25) is 5.91 Å². The highest BCUT2D eigenvalue weighted by atomic mass is 32.1. The summed E-state index contributed by atoms with van der Waals surface area (Å²) in [6.45, 7) is 0. The number of amides is 1. The van der Waals surface area contributed by atoms with Crippen LogP contribution < -0.4 is 5.32 Å². The summed E-state index contributed by atoms with van der Waals surface area (Å²) in [5.74, 6) is 0.626. The number of carbonyl (C=O) groups excluding carboxylic acids is 1. The third-order valence-corrected chi connectivity index (χ3v) is 6.50. The van der Waals surface area contributed by atoms with Gasteiger partial charge in [-0.05, 0) is 42.0 Å². The van der Waals surface area contributed by atoms with Gasteiger partial charge in [-0.1, -0.05) is 24.3 Å². The predicted molar refractivity (Wildman–Crippen MR) is 121 cm³/mol. The van der Waals surface area contributed by atoms with Gasteiger partial charge in [-0.15, -0.1) is 22.7 Å². The van der Waals surface area contributed by atoms with Gasteiger partial charge in [-0.25, -0.2) is 9.97 Å². The van der Waals surface area contributed by atoms with Crippen molar-refractivity contribution in [1.29, 1.82) is 0 Å². The standard InChI is InChI=1S/C23H17N3O2S2/c27-21(13-17-14-29-23(25-17)19-5-3-11-28-19)24-16-9-7-15(8-10-16)12-22-26-18-4-1-2-6-20(18)30-22/h1-11,14H,12-13H2,(H,24,27). The first-order chi connectivity index (χ1) is 14.7. The molecule has 148 valence electrons. The third kappa shape index (κ3) is 4.17. The van der Waals surface area contributed by atoms with Gasteiger partial charge in [-0.3, -0.25) is 4.79 Å². The van der Waals surface area contributed by atoms with Crippen LogP contribution in [0.1, 0.15) is 16.3 Å². The van der Waals surface area contributed by atoms with E-state index in [4.69, 9.17) is 4.42 Å². The molecule has 3 heterocycles. The lowest BCUT2D eigenvalue weighted by Crippen LogP contribution is -2.14. The fourth-order valence-corrected chi connectivity index (χ4v) is 4.93. The van der Waals surface area contributed by atoms with Crippen molar-refractivity contribution in [1.82, 2.24) is 9.97 Å². The number of thiazole rings is 2. The average molecular weight is 432 g/mol. The Morgan fingerprint density at radius 3 is 2.67 bits per heavy atom. The maximum Gasteiger partial charge on any atom is 0.230 e. The summed E-state index contributed by atoms with van der Waals surface area (Å²) < 4.78 is 6.55. The molecule has 0 spiro atoms. The lowest BCUT2D eigenvalue weighted by atomic mass is 10.1. The number of nitrogens with one attached hydrogen (secondary N) is 1. The summed E-state index contributed by atoms with van der Waals surface area (Å²) in [5, 5.41) is 6.69. The Morgan fingerprint density at radius 2 is 1.87 bits per heavy atom. The highest BCUT2D eigenvalue weighted by molar-refractivity contribution is 7.18. The van der Waals surface area contributed by atoms with E-state index >= 15 is 0 Å². The summed E-state index contributed by atoms with van der Waals surface area (Å²) in [6.07, 6.45) is 2.62.